The first kappa shape index (κ1) is 18.4. The minimum Gasteiger partial charge on any atom is -0.297 e. The number of hydrogen-bond acceptors (Lipinski definition) is 5. The van der Waals surface area contributed by atoms with Crippen LogP contribution in [0.2, 0.25) is 0 Å². The Labute approximate surface area is 155 Å². The number of nitrogens with zero attached hydrogens (tertiary/aromatic N) is 3. The van der Waals surface area contributed by atoms with E-state index in [1.165, 1.54) is 23.7 Å². The maximum atomic E-state index is 13.2. The highest BCUT2D eigenvalue weighted by Gasteiger charge is 2.28. The van der Waals surface area contributed by atoms with Gasteiger partial charge < -0.3 is 0 Å². The number of carbonyl (C=O) groups excluding carboxylic acids is 2. The van der Waals surface area contributed by atoms with Gasteiger partial charge >= 0.3 is 0 Å². The number of nitrogens with two attached hydrogens (primary N) is 1. The lowest BCUT2D eigenvalue weighted by molar-refractivity contribution is -0.132. The second kappa shape index (κ2) is 7.88. The normalized spacial score (nSPS) is 11.8. The number of amides is 1. The predicted octanol–water partition coefficient (Wildman–Crippen LogP) is 1.80. The molecule has 1 unspecified atom stereocenters. The minimum atomic E-state index is -1.19. The van der Waals surface area contributed by atoms with Gasteiger partial charge in [-0.3, -0.25) is 20.0 Å². The Hall–Kier alpha value is -3.39. The first-order valence-electron chi connectivity index (χ1n) is 8.23. The van der Waals surface area contributed by atoms with Crippen LogP contribution in [0.25, 0.3) is 11.3 Å². The molecule has 3 N–H and O–H groups in total. The Balaban J connectivity index is 2.08. The molecule has 1 atom stereocenters. The van der Waals surface area contributed by atoms with E-state index in [9.17, 15) is 14.0 Å². The van der Waals surface area contributed by atoms with Gasteiger partial charge in [0.2, 0.25) is 0 Å². The van der Waals surface area contributed by atoms with Gasteiger partial charge in [-0.15, -0.1) is 0 Å². The van der Waals surface area contributed by atoms with Gasteiger partial charge in [0.25, 0.3) is 5.91 Å². The van der Waals surface area contributed by atoms with Gasteiger partial charge in [0.15, 0.2) is 11.8 Å². The molecule has 0 bridgehead atoms. The van der Waals surface area contributed by atoms with Crippen LogP contribution in [0.1, 0.15) is 24.2 Å². The lowest BCUT2D eigenvalue weighted by Crippen LogP contribution is -2.41. The Kier molecular flexibility index (Phi) is 5.37. The molecule has 1 amide bonds. The Bertz CT molecular complexity index is 954. The lowest BCUT2D eigenvalue weighted by atomic mass is 10.1. The zero-order chi connectivity index (χ0) is 19.4. The van der Waals surface area contributed by atoms with Crippen molar-refractivity contribution in [2.24, 2.45) is 5.84 Å². The summed E-state index contributed by atoms with van der Waals surface area (Å²) in [6.45, 7) is 1.30. The lowest BCUT2D eigenvalue weighted by Gasteiger charge is -2.16. The van der Waals surface area contributed by atoms with E-state index in [1.807, 2.05) is 5.43 Å². The van der Waals surface area contributed by atoms with Crippen LogP contribution in [-0.2, 0) is 16.0 Å². The molecule has 0 fully saturated rings. The van der Waals surface area contributed by atoms with E-state index in [-0.39, 0.29) is 5.82 Å². The first-order valence-corrected chi connectivity index (χ1v) is 8.23. The quantitative estimate of drug-likeness (QED) is 0.299. The summed E-state index contributed by atoms with van der Waals surface area (Å²) in [5.41, 5.74) is 4.83. The highest BCUT2D eigenvalue weighted by Crippen LogP contribution is 2.24. The van der Waals surface area contributed by atoms with E-state index in [0.717, 1.165) is 11.1 Å². The summed E-state index contributed by atoms with van der Waals surface area (Å²) in [4.78, 5) is 28.3. The van der Waals surface area contributed by atoms with Gasteiger partial charge in [0.05, 0.1) is 5.69 Å². The molecule has 0 aliphatic heterocycles. The van der Waals surface area contributed by atoms with Gasteiger partial charge in [-0.25, -0.2) is 14.9 Å². The average molecular weight is 367 g/mol. The fourth-order valence-electron chi connectivity index (χ4n) is 2.81. The van der Waals surface area contributed by atoms with Crippen molar-refractivity contribution in [1.82, 2.24) is 20.2 Å². The second-order valence-electron chi connectivity index (χ2n) is 6.03. The average Bonchev–Trinajstić information content (AvgIpc) is 3.07. The molecule has 3 rings (SSSR count). The Morgan fingerprint density at radius 1 is 1.19 bits per heavy atom. The molecule has 0 saturated heterocycles. The van der Waals surface area contributed by atoms with Crippen molar-refractivity contribution in [2.45, 2.75) is 19.4 Å². The number of rotatable bonds is 6. The number of ketones is 1. The molecular formula is C19H18FN5O2. The number of benzene rings is 1. The van der Waals surface area contributed by atoms with Crippen LogP contribution in [0.4, 0.5) is 4.39 Å². The van der Waals surface area contributed by atoms with E-state index in [1.54, 1.807) is 42.7 Å². The molecule has 2 heterocycles. The summed E-state index contributed by atoms with van der Waals surface area (Å²) in [6, 6.07) is 10.2. The highest BCUT2D eigenvalue weighted by molar-refractivity contribution is 6.02. The zero-order valence-corrected chi connectivity index (χ0v) is 14.6. The predicted molar refractivity (Wildman–Crippen MR) is 96.7 cm³/mol. The van der Waals surface area contributed by atoms with Crippen LogP contribution in [0.3, 0.4) is 0 Å². The van der Waals surface area contributed by atoms with Crippen LogP contribution in [-0.4, -0.2) is 26.5 Å². The smallest absolute Gasteiger partial charge is 0.266 e. The summed E-state index contributed by atoms with van der Waals surface area (Å²) >= 11 is 0. The van der Waals surface area contributed by atoms with Crippen molar-refractivity contribution < 1.29 is 14.0 Å². The van der Waals surface area contributed by atoms with E-state index in [2.05, 4.69) is 10.1 Å². The van der Waals surface area contributed by atoms with Crippen molar-refractivity contribution in [3.05, 3.63) is 71.9 Å². The summed E-state index contributed by atoms with van der Waals surface area (Å²) in [6.07, 6.45) is 3.62. The summed E-state index contributed by atoms with van der Waals surface area (Å²) < 4.78 is 14.5. The number of halogens is 1. The third-order valence-electron chi connectivity index (χ3n) is 4.11. The molecule has 1 aromatic carbocycles. The first-order chi connectivity index (χ1) is 13.0. The van der Waals surface area contributed by atoms with Gasteiger partial charge in [-0.05, 0) is 42.8 Å². The van der Waals surface area contributed by atoms with Crippen LogP contribution >= 0.6 is 0 Å². The number of aromatic nitrogens is 3. The zero-order valence-electron chi connectivity index (χ0n) is 14.6. The monoisotopic (exact) mass is 367 g/mol. The Morgan fingerprint density at radius 2 is 1.85 bits per heavy atom. The van der Waals surface area contributed by atoms with Gasteiger partial charge in [0, 0.05) is 30.1 Å². The molecule has 0 saturated carbocycles. The van der Waals surface area contributed by atoms with E-state index < -0.39 is 17.7 Å². The molecule has 0 aliphatic rings. The van der Waals surface area contributed by atoms with Crippen molar-refractivity contribution in [3.63, 3.8) is 0 Å². The van der Waals surface area contributed by atoms with Crippen LogP contribution in [0.15, 0.2) is 54.9 Å². The SMILES string of the molecule is CC(=O)C(C(=O)NN)n1nc(-c2ccncc2)cc1Cc1ccc(F)cc1. The molecule has 0 aliphatic carbocycles. The van der Waals surface area contributed by atoms with E-state index >= 15 is 0 Å². The van der Waals surface area contributed by atoms with Gasteiger partial charge in [-0.1, -0.05) is 12.1 Å². The van der Waals surface area contributed by atoms with Gasteiger partial charge in [-0.2, -0.15) is 5.10 Å². The largest absolute Gasteiger partial charge is 0.297 e. The van der Waals surface area contributed by atoms with Crippen LogP contribution < -0.4 is 11.3 Å². The third-order valence-corrected chi connectivity index (χ3v) is 4.11. The number of carbonyl (C=O) groups is 2. The number of hydrogen-bond donors (Lipinski definition) is 2. The Morgan fingerprint density at radius 3 is 2.44 bits per heavy atom. The molecule has 3 aromatic rings. The molecule has 0 radical (unpaired) electrons. The number of pyridine rings is 1. The van der Waals surface area contributed by atoms with Gasteiger partial charge in [0.1, 0.15) is 5.82 Å². The van der Waals surface area contributed by atoms with E-state index in [0.29, 0.717) is 17.8 Å². The molecule has 27 heavy (non-hydrogen) atoms. The molecular weight excluding hydrogens is 349 g/mol. The maximum Gasteiger partial charge on any atom is 0.266 e. The van der Waals surface area contributed by atoms with Crippen LogP contribution in [0.5, 0.6) is 0 Å². The van der Waals surface area contributed by atoms with Crippen LogP contribution in [0, 0.1) is 5.82 Å². The van der Waals surface area contributed by atoms with Crippen molar-refractivity contribution in [2.75, 3.05) is 0 Å². The summed E-state index contributed by atoms with van der Waals surface area (Å²) in [5, 5.41) is 4.46. The van der Waals surface area contributed by atoms with Crippen molar-refractivity contribution in [3.8, 4) is 11.3 Å². The maximum absolute atomic E-state index is 13.2. The fourth-order valence-corrected chi connectivity index (χ4v) is 2.81. The fraction of sp³-hybridized carbons (Fsp3) is 0.158. The van der Waals surface area contributed by atoms with E-state index in [4.69, 9.17) is 5.84 Å². The highest BCUT2D eigenvalue weighted by atomic mass is 19.1. The number of nitrogens with one attached hydrogen (secondary N) is 1. The topological polar surface area (TPSA) is 103 Å². The molecule has 2 aromatic heterocycles. The number of hydrazine groups is 1. The molecule has 8 heteroatoms. The minimum absolute atomic E-state index is 0.339. The molecule has 7 nitrogen and oxygen atoms in total. The second-order valence-corrected chi connectivity index (χ2v) is 6.03. The third kappa shape index (κ3) is 4.06. The van der Waals surface area contributed by atoms with Crippen molar-refractivity contribution >= 4 is 11.7 Å². The van der Waals surface area contributed by atoms with Crippen molar-refractivity contribution in [1.29, 1.82) is 0 Å². The molecule has 0 spiro atoms. The standard InChI is InChI=1S/C19H18FN5O2/c1-12(26)18(19(27)23-21)25-16(10-13-2-4-15(20)5-3-13)11-17(24-25)14-6-8-22-9-7-14/h2-9,11,18H,10,21H2,1H3,(H,23,27). The summed E-state index contributed by atoms with van der Waals surface area (Å²) in [5.74, 6) is 3.84. The molecule has 138 valence electrons. The number of Topliss-reactive ketones (excluding diaryl/α,β-unsaturated/α-hetero) is 1. The summed E-state index contributed by atoms with van der Waals surface area (Å²) in [7, 11) is 0.